The van der Waals surface area contributed by atoms with Gasteiger partial charge in [-0.15, -0.1) is 0 Å². The van der Waals surface area contributed by atoms with Crippen molar-refractivity contribution >= 4 is 29.3 Å². The number of rotatable bonds is 3. The number of methoxy groups -OCH3 is 1. The molecule has 0 fully saturated rings. The van der Waals surface area contributed by atoms with Crippen LogP contribution in [-0.2, 0) is 4.74 Å². The summed E-state index contributed by atoms with van der Waals surface area (Å²) in [6.07, 6.45) is 5.68. The smallest absolute Gasteiger partial charge is 0.337 e. The Hall–Kier alpha value is -2.88. The molecule has 0 N–H and O–H groups in total. The molecule has 21 heavy (non-hydrogen) atoms. The molecule has 1 aromatic heterocycles. The van der Waals surface area contributed by atoms with E-state index in [1.54, 1.807) is 18.5 Å². The molecule has 4 heteroatoms. The normalized spacial score (nSPS) is 11.1. The summed E-state index contributed by atoms with van der Waals surface area (Å²) in [6.45, 7) is 0. The molecule has 0 amide bonds. The minimum atomic E-state index is -0.355. The van der Waals surface area contributed by atoms with Crippen molar-refractivity contribution in [1.82, 2.24) is 9.55 Å². The lowest BCUT2D eigenvalue weighted by atomic mass is 10.2. The highest BCUT2D eigenvalue weighted by molar-refractivity contribution is 5.94. The van der Waals surface area contributed by atoms with E-state index in [4.69, 9.17) is 4.74 Å². The molecule has 0 radical (unpaired) electrons. The van der Waals surface area contributed by atoms with Crippen LogP contribution in [0.25, 0.3) is 23.3 Å². The summed E-state index contributed by atoms with van der Waals surface area (Å²) >= 11 is 0. The molecule has 0 atom stereocenters. The Morgan fingerprint density at radius 2 is 2.00 bits per heavy atom. The van der Waals surface area contributed by atoms with Crippen LogP contribution in [0.4, 0.5) is 0 Å². The van der Waals surface area contributed by atoms with E-state index in [0.29, 0.717) is 5.56 Å². The third kappa shape index (κ3) is 2.69. The van der Waals surface area contributed by atoms with Gasteiger partial charge in [0.15, 0.2) is 0 Å². The number of carbonyl (C=O) groups excluding carboxylic acids is 1. The number of fused-ring (bicyclic) bond motifs is 1. The molecular formula is C17H14N2O2. The first-order valence-electron chi connectivity index (χ1n) is 6.56. The second-order valence-corrected chi connectivity index (χ2v) is 4.57. The summed E-state index contributed by atoms with van der Waals surface area (Å²) in [5.74, 6) is -0.355. The van der Waals surface area contributed by atoms with Gasteiger partial charge in [-0.3, -0.25) is 0 Å². The first-order valence-corrected chi connectivity index (χ1v) is 6.56. The van der Waals surface area contributed by atoms with Crippen LogP contribution in [0.15, 0.2) is 54.9 Å². The maximum absolute atomic E-state index is 11.5. The van der Waals surface area contributed by atoms with Gasteiger partial charge in [0.05, 0.1) is 30.0 Å². The fourth-order valence-corrected chi connectivity index (χ4v) is 2.13. The number of ether oxygens (including phenoxy) is 1. The Kier molecular flexibility index (Phi) is 3.51. The Balaban J connectivity index is 1.94. The molecule has 3 rings (SSSR count). The third-order valence-corrected chi connectivity index (χ3v) is 3.22. The average Bonchev–Trinajstić information content (AvgIpc) is 2.95. The van der Waals surface area contributed by atoms with Crippen LogP contribution in [0.2, 0.25) is 0 Å². The molecular weight excluding hydrogens is 264 g/mol. The van der Waals surface area contributed by atoms with Crippen molar-refractivity contribution in [3.63, 3.8) is 0 Å². The first kappa shape index (κ1) is 13.1. The zero-order valence-corrected chi connectivity index (χ0v) is 11.6. The molecule has 0 aliphatic rings. The highest BCUT2D eigenvalue weighted by atomic mass is 16.5. The van der Waals surface area contributed by atoms with E-state index in [0.717, 1.165) is 16.6 Å². The monoisotopic (exact) mass is 278 g/mol. The Labute approximate surface area is 122 Å². The number of hydrogen-bond acceptors (Lipinski definition) is 3. The number of aromatic nitrogens is 2. The summed E-state index contributed by atoms with van der Waals surface area (Å²) in [5.41, 5.74) is 3.32. The number of esters is 1. The molecule has 0 spiro atoms. The summed E-state index contributed by atoms with van der Waals surface area (Å²) < 4.78 is 6.63. The van der Waals surface area contributed by atoms with E-state index < -0.39 is 0 Å². The summed E-state index contributed by atoms with van der Waals surface area (Å²) in [7, 11) is 1.37. The van der Waals surface area contributed by atoms with Crippen molar-refractivity contribution in [2.45, 2.75) is 0 Å². The minimum absolute atomic E-state index is 0.355. The van der Waals surface area contributed by atoms with E-state index in [-0.39, 0.29) is 5.97 Å². The van der Waals surface area contributed by atoms with Gasteiger partial charge in [-0.05, 0) is 29.8 Å². The van der Waals surface area contributed by atoms with Gasteiger partial charge in [0, 0.05) is 6.20 Å². The average molecular weight is 278 g/mol. The van der Waals surface area contributed by atoms with Crippen LogP contribution < -0.4 is 0 Å². The lowest BCUT2D eigenvalue weighted by Gasteiger charge is -2.00. The van der Waals surface area contributed by atoms with E-state index in [2.05, 4.69) is 4.98 Å². The molecule has 2 aromatic carbocycles. The van der Waals surface area contributed by atoms with Gasteiger partial charge in [0.2, 0.25) is 0 Å². The van der Waals surface area contributed by atoms with Crippen molar-refractivity contribution in [1.29, 1.82) is 0 Å². The van der Waals surface area contributed by atoms with Gasteiger partial charge >= 0.3 is 5.97 Å². The molecule has 0 aliphatic heterocycles. The van der Waals surface area contributed by atoms with Crippen LogP contribution in [-0.4, -0.2) is 22.6 Å². The number of nitrogens with zero attached hydrogens (tertiary/aromatic N) is 2. The molecule has 104 valence electrons. The Bertz CT molecular complexity index is 804. The molecule has 0 unspecified atom stereocenters. The first-order chi connectivity index (χ1) is 10.3. The van der Waals surface area contributed by atoms with Gasteiger partial charge in [-0.2, -0.15) is 0 Å². The molecule has 1 heterocycles. The lowest BCUT2D eigenvalue weighted by Crippen LogP contribution is -2.00. The predicted molar refractivity (Wildman–Crippen MR) is 82.7 cm³/mol. The van der Waals surface area contributed by atoms with E-state index >= 15 is 0 Å². The van der Waals surface area contributed by atoms with Gasteiger partial charge in [0.1, 0.15) is 0 Å². The largest absolute Gasteiger partial charge is 0.465 e. The second-order valence-electron chi connectivity index (χ2n) is 4.57. The quantitative estimate of drug-likeness (QED) is 0.689. The lowest BCUT2D eigenvalue weighted by molar-refractivity contribution is 0.0601. The zero-order chi connectivity index (χ0) is 14.7. The van der Waals surface area contributed by atoms with Crippen LogP contribution in [0.1, 0.15) is 15.9 Å². The highest BCUT2D eigenvalue weighted by Gasteiger charge is 2.08. The van der Waals surface area contributed by atoms with Crippen molar-refractivity contribution in [3.05, 3.63) is 66.0 Å². The van der Waals surface area contributed by atoms with Crippen molar-refractivity contribution in [2.24, 2.45) is 0 Å². The number of hydrogen-bond donors (Lipinski definition) is 0. The topological polar surface area (TPSA) is 44.1 Å². The highest BCUT2D eigenvalue weighted by Crippen LogP contribution is 2.16. The molecule has 0 saturated heterocycles. The number of benzene rings is 2. The molecule has 3 aromatic rings. The maximum Gasteiger partial charge on any atom is 0.337 e. The fourth-order valence-electron chi connectivity index (χ4n) is 2.13. The van der Waals surface area contributed by atoms with E-state index in [1.165, 1.54) is 7.11 Å². The van der Waals surface area contributed by atoms with Crippen LogP contribution in [0.5, 0.6) is 0 Å². The third-order valence-electron chi connectivity index (χ3n) is 3.22. The molecule has 4 nitrogen and oxygen atoms in total. The number of imidazole rings is 1. The van der Waals surface area contributed by atoms with Crippen molar-refractivity contribution in [3.8, 4) is 0 Å². The minimum Gasteiger partial charge on any atom is -0.465 e. The maximum atomic E-state index is 11.5. The van der Waals surface area contributed by atoms with Gasteiger partial charge in [0.25, 0.3) is 0 Å². The zero-order valence-electron chi connectivity index (χ0n) is 11.6. The Morgan fingerprint density at radius 3 is 2.76 bits per heavy atom. The SMILES string of the molecule is COC(=O)c1ccc2c(c1)ncn2C=Cc1ccccc1. The fraction of sp³-hybridized carbons (Fsp3) is 0.0588. The van der Waals surface area contributed by atoms with Gasteiger partial charge < -0.3 is 9.30 Å². The van der Waals surface area contributed by atoms with Crippen LogP contribution in [0, 0.1) is 0 Å². The summed E-state index contributed by atoms with van der Waals surface area (Å²) in [4.78, 5) is 15.8. The predicted octanol–water partition coefficient (Wildman–Crippen LogP) is 3.45. The van der Waals surface area contributed by atoms with Gasteiger partial charge in [-0.25, -0.2) is 9.78 Å². The van der Waals surface area contributed by atoms with Crippen molar-refractivity contribution in [2.75, 3.05) is 7.11 Å². The summed E-state index contributed by atoms with van der Waals surface area (Å²) in [6, 6.07) is 15.4. The molecule has 0 aliphatic carbocycles. The second kappa shape index (κ2) is 5.63. The standard InChI is InChI=1S/C17H14N2O2/c1-21-17(20)14-7-8-16-15(11-14)18-12-19(16)10-9-13-5-3-2-4-6-13/h2-12H,1H3. The van der Waals surface area contributed by atoms with Crippen LogP contribution >= 0.6 is 0 Å². The van der Waals surface area contributed by atoms with E-state index in [1.807, 2.05) is 53.2 Å². The molecule has 0 bridgehead atoms. The van der Waals surface area contributed by atoms with Gasteiger partial charge in [-0.1, -0.05) is 30.3 Å². The van der Waals surface area contributed by atoms with E-state index in [9.17, 15) is 4.79 Å². The molecule has 0 saturated carbocycles. The summed E-state index contributed by atoms with van der Waals surface area (Å²) in [5, 5.41) is 0. The number of carbonyl (C=O) groups is 1. The van der Waals surface area contributed by atoms with Crippen LogP contribution in [0.3, 0.4) is 0 Å². The Morgan fingerprint density at radius 1 is 1.19 bits per heavy atom. The van der Waals surface area contributed by atoms with Crippen molar-refractivity contribution < 1.29 is 9.53 Å².